The number of carbonyl (C=O) groups is 2. The van der Waals surface area contributed by atoms with Crippen molar-refractivity contribution in [1.29, 1.82) is 0 Å². The van der Waals surface area contributed by atoms with Gasteiger partial charge in [0, 0.05) is 78.2 Å². The summed E-state index contributed by atoms with van der Waals surface area (Å²) < 4.78 is 110. The topological polar surface area (TPSA) is 256 Å². The van der Waals surface area contributed by atoms with Crippen LogP contribution in [-0.2, 0) is 36.4 Å². The van der Waals surface area contributed by atoms with Crippen LogP contribution >= 0.6 is 22.7 Å². The minimum Gasteiger partial charge on any atom is -0.388 e. The molecule has 72 heavy (non-hydrogen) atoms. The Bertz CT molecular complexity index is 3870. The quantitative estimate of drug-likeness (QED) is 0.0684. The summed E-state index contributed by atoms with van der Waals surface area (Å²) in [7, 11) is -4.71. The van der Waals surface area contributed by atoms with Gasteiger partial charge >= 0.3 is 12.1 Å². The van der Waals surface area contributed by atoms with Gasteiger partial charge in [-0.1, -0.05) is 12.1 Å². The van der Waals surface area contributed by atoms with E-state index in [1.165, 1.54) is 64.5 Å². The lowest BCUT2D eigenvalue weighted by Gasteiger charge is -2.17. The van der Waals surface area contributed by atoms with E-state index in [4.69, 9.17) is 0 Å². The van der Waals surface area contributed by atoms with Crippen LogP contribution in [0.25, 0.3) is 32.9 Å². The fourth-order valence-electron chi connectivity index (χ4n) is 7.20. The first-order valence-electron chi connectivity index (χ1n) is 20.9. The number of hydrogen-bond donors (Lipinski definition) is 6. The third-order valence-electron chi connectivity index (χ3n) is 10.4. The average Bonchev–Trinajstić information content (AvgIpc) is 4.07. The Morgan fingerprint density at radius 2 is 1.01 bits per heavy atom. The third-order valence-corrected chi connectivity index (χ3v) is 17.0. The molecule has 0 fully saturated rings. The van der Waals surface area contributed by atoms with E-state index in [1.807, 2.05) is 34.5 Å². The first-order chi connectivity index (χ1) is 34.0. The number of anilines is 4. The van der Waals surface area contributed by atoms with E-state index >= 15 is 8.78 Å². The van der Waals surface area contributed by atoms with Gasteiger partial charge in [-0.25, -0.2) is 53.1 Å². The standard InChI is InChI=1S/C24H24FN5O4S2.C22H19FN4O6S3/c1-26-16-6-8-18-19(11-16)15(13-29(2)3)14-30(23(18)31)21-9-7-17(12-20(21)25)27-24(32)28-36(33,34)22-5-4-10-35-22;1-24-13-5-7-15-16(10-13)19(35(2,30)31)12-27(21(15)28)18-8-6-14(11-17(18)23)25-22(29)26-36(32,33)20-4-3-9-34-20/h4-12,14,26H,13H2,1-3H3,(H2,27,28,32);3-12,24H,1-2H3,(H2,25,26,29). The van der Waals surface area contributed by atoms with Crippen molar-refractivity contribution in [1.82, 2.24) is 23.5 Å². The van der Waals surface area contributed by atoms with Crippen molar-refractivity contribution in [2.24, 2.45) is 0 Å². The van der Waals surface area contributed by atoms with Gasteiger partial charge in [0.25, 0.3) is 31.2 Å². The number of urea groups is 2. The second-order valence-corrected chi connectivity index (χ2v) is 23.5. The molecule has 0 aliphatic carbocycles. The maximum Gasteiger partial charge on any atom is 0.333 e. The lowest BCUT2D eigenvalue weighted by Crippen LogP contribution is -2.34. The van der Waals surface area contributed by atoms with Gasteiger partial charge in [0.2, 0.25) is 0 Å². The number of aromatic nitrogens is 2. The molecule has 0 atom stereocenters. The van der Waals surface area contributed by atoms with Crippen molar-refractivity contribution in [3.05, 3.63) is 158 Å². The van der Waals surface area contributed by atoms with Gasteiger partial charge in [0.15, 0.2) is 9.84 Å². The molecule has 0 unspecified atom stereocenters. The van der Waals surface area contributed by atoms with Crippen LogP contribution in [0.1, 0.15) is 5.56 Å². The number of thiophene rings is 2. The minimum absolute atomic E-state index is 0.00300. The van der Waals surface area contributed by atoms with E-state index in [1.54, 1.807) is 49.9 Å². The van der Waals surface area contributed by atoms with Crippen LogP contribution in [0.15, 0.2) is 143 Å². The van der Waals surface area contributed by atoms with Crippen LogP contribution in [0.2, 0.25) is 0 Å². The molecular weight excluding hydrogens is 1040 g/mol. The predicted molar refractivity (Wildman–Crippen MR) is 276 cm³/mol. The van der Waals surface area contributed by atoms with Crippen molar-refractivity contribution in [2.75, 3.05) is 55.7 Å². The highest BCUT2D eigenvalue weighted by molar-refractivity contribution is 7.92. The normalized spacial score (nSPS) is 11.7. The Morgan fingerprint density at radius 3 is 1.42 bits per heavy atom. The van der Waals surface area contributed by atoms with E-state index in [2.05, 4.69) is 21.3 Å². The van der Waals surface area contributed by atoms with E-state index in [0.29, 0.717) is 17.6 Å². The molecule has 0 radical (unpaired) electrons. The number of hydrogen-bond acceptors (Lipinski definition) is 15. The van der Waals surface area contributed by atoms with E-state index in [-0.39, 0.29) is 46.8 Å². The molecule has 0 spiro atoms. The molecule has 0 aliphatic heterocycles. The number of amides is 4. The number of sulfonamides is 2. The monoisotopic (exact) mass is 1080 g/mol. The molecule has 4 heterocycles. The van der Waals surface area contributed by atoms with Gasteiger partial charge in [0.1, 0.15) is 20.1 Å². The van der Waals surface area contributed by atoms with Gasteiger partial charge in [-0.05, 0) is 121 Å². The number of rotatable bonds is 13. The summed E-state index contributed by atoms with van der Waals surface area (Å²) in [4.78, 5) is 52.5. The molecule has 19 nitrogen and oxygen atoms in total. The van der Waals surface area contributed by atoms with Crippen LogP contribution in [0.5, 0.6) is 0 Å². The van der Waals surface area contributed by atoms with Crippen LogP contribution in [0.3, 0.4) is 0 Å². The highest BCUT2D eigenvalue weighted by Crippen LogP contribution is 2.28. The Labute approximate surface area is 418 Å². The smallest absolute Gasteiger partial charge is 0.333 e. The highest BCUT2D eigenvalue weighted by atomic mass is 32.3. The third kappa shape index (κ3) is 11.6. The zero-order chi connectivity index (χ0) is 52.3. The number of nitrogens with zero attached hydrogens (tertiary/aromatic N) is 3. The summed E-state index contributed by atoms with van der Waals surface area (Å²) in [5, 5.41) is 15.0. The van der Waals surface area contributed by atoms with Crippen LogP contribution in [0.4, 0.5) is 41.1 Å². The van der Waals surface area contributed by atoms with Gasteiger partial charge in [-0.3, -0.25) is 18.7 Å². The molecule has 0 saturated carbocycles. The number of halogens is 2. The second kappa shape index (κ2) is 21.1. The summed E-state index contributed by atoms with van der Waals surface area (Å²) in [5.41, 5.74) is 0.882. The van der Waals surface area contributed by atoms with Crippen molar-refractivity contribution < 1.29 is 43.6 Å². The largest absolute Gasteiger partial charge is 0.388 e. The Balaban J connectivity index is 0.000000211. The fourth-order valence-corrected chi connectivity index (χ4v) is 11.9. The first-order valence-corrected chi connectivity index (χ1v) is 27.5. The van der Waals surface area contributed by atoms with Crippen LogP contribution < -0.4 is 41.8 Å². The molecule has 6 N–H and O–H groups in total. The zero-order valence-electron chi connectivity index (χ0n) is 38.5. The van der Waals surface area contributed by atoms with Crippen molar-refractivity contribution in [2.45, 2.75) is 19.9 Å². The molecule has 4 aromatic heterocycles. The molecule has 4 aromatic carbocycles. The van der Waals surface area contributed by atoms with E-state index < -0.39 is 64.7 Å². The number of carbonyl (C=O) groups excluding carboxylic acids is 2. The van der Waals surface area contributed by atoms with Gasteiger partial charge in [-0.15, -0.1) is 22.7 Å². The Kier molecular flexibility index (Phi) is 15.3. The zero-order valence-corrected chi connectivity index (χ0v) is 42.6. The number of nitrogens with one attached hydrogen (secondary N) is 6. The fraction of sp³-hybridized carbons (Fsp3) is 0.130. The van der Waals surface area contributed by atoms with Crippen LogP contribution in [0, 0.1) is 11.6 Å². The molecule has 26 heteroatoms. The number of sulfone groups is 1. The van der Waals surface area contributed by atoms with Gasteiger partial charge in [0.05, 0.1) is 16.3 Å². The molecular formula is C46H43F2N9O10S5. The molecule has 376 valence electrons. The molecule has 8 aromatic rings. The summed E-state index contributed by atoms with van der Waals surface area (Å²) in [6, 6.07) is 20.6. The average molecular weight is 1080 g/mol. The molecule has 0 saturated heterocycles. The van der Waals surface area contributed by atoms with Crippen molar-refractivity contribution in [3.8, 4) is 11.4 Å². The Hall–Kier alpha value is -7.49. The predicted octanol–water partition coefficient (Wildman–Crippen LogP) is 6.95. The SMILES string of the molecule is CNc1ccc2c(=O)n(-c3ccc(NC(=O)NS(=O)(=O)c4cccs4)cc3F)cc(CN(C)C)c2c1.CNc1ccc2c(=O)n(-c3ccc(NC(=O)NS(=O)(=O)c4cccs4)cc3F)cc(S(C)(=O)=O)c2c1. The lowest BCUT2D eigenvalue weighted by molar-refractivity contribution is 0.255. The first kappa shape index (κ1) is 52.3. The second-order valence-electron chi connectivity index (χ2n) is 15.8. The molecule has 0 bridgehead atoms. The number of fused-ring (bicyclic) bond motifs is 2. The van der Waals surface area contributed by atoms with Crippen molar-refractivity contribution in [3.63, 3.8) is 0 Å². The minimum atomic E-state index is -4.09. The van der Waals surface area contributed by atoms with Crippen molar-refractivity contribution >= 4 is 109 Å². The molecule has 0 aliphatic rings. The highest BCUT2D eigenvalue weighted by Gasteiger charge is 2.23. The Morgan fingerprint density at radius 1 is 0.583 bits per heavy atom. The summed E-state index contributed by atoms with van der Waals surface area (Å²) in [5.74, 6) is -1.72. The number of pyridine rings is 2. The summed E-state index contributed by atoms with van der Waals surface area (Å²) >= 11 is 1.88. The summed E-state index contributed by atoms with van der Waals surface area (Å²) in [6.45, 7) is 0.518. The van der Waals surface area contributed by atoms with E-state index in [0.717, 1.165) is 68.5 Å². The van der Waals surface area contributed by atoms with Crippen LogP contribution in [-0.4, -0.2) is 85.8 Å². The maximum absolute atomic E-state index is 15.2. The number of benzene rings is 4. The maximum atomic E-state index is 15.2. The van der Waals surface area contributed by atoms with Gasteiger partial charge in [-0.2, -0.15) is 0 Å². The van der Waals surface area contributed by atoms with E-state index in [9.17, 15) is 44.4 Å². The summed E-state index contributed by atoms with van der Waals surface area (Å²) in [6.07, 6.45) is 3.63. The lowest BCUT2D eigenvalue weighted by atomic mass is 10.1. The van der Waals surface area contributed by atoms with Gasteiger partial charge < -0.3 is 26.2 Å². The molecule has 4 amide bonds. The molecule has 8 rings (SSSR count).